The second-order valence-corrected chi connectivity index (χ2v) is 21.9. The maximum atomic E-state index is 15.4. The zero-order valence-electron chi connectivity index (χ0n) is 36.8. The molecule has 0 bridgehead atoms. The van der Waals surface area contributed by atoms with Gasteiger partial charge in [-0.1, -0.05) is 101 Å². The lowest BCUT2D eigenvalue weighted by atomic mass is 9.49. The first-order valence-corrected chi connectivity index (χ1v) is 22.7. The normalized spacial score (nSPS) is 36.8. The van der Waals surface area contributed by atoms with E-state index < -0.39 is 0 Å². The minimum atomic E-state index is -0.275. The van der Waals surface area contributed by atoms with Gasteiger partial charge < -0.3 is 14.6 Å². The maximum absolute atomic E-state index is 15.4. The first-order valence-electron chi connectivity index (χ1n) is 22.7. The Morgan fingerprint density at radius 1 is 1.00 bits per heavy atom. The lowest BCUT2D eigenvalue weighted by Gasteiger charge is -2.58. The Labute approximate surface area is 335 Å². The topological polar surface area (TPSA) is 75.3 Å². The number of aromatic amines is 1. The van der Waals surface area contributed by atoms with Crippen molar-refractivity contribution in [1.82, 2.24) is 14.9 Å². The maximum Gasteiger partial charge on any atom is 0.309 e. The Hall–Kier alpha value is -2.37. The molecule has 0 radical (unpaired) electrons. The zero-order valence-corrected chi connectivity index (χ0v) is 36.8. The van der Waals surface area contributed by atoms with Crippen molar-refractivity contribution in [3.05, 3.63) is 36.9 Å². The molecule has 55 heavy (non-hydrogen) atoms. The number of allylic oxidation sites excluding steroid dienone is 2. The molecule has 1 amide bonds. The molecule has 6 nitrogen and oxygen atoms in total. The van der Waals surface area contributed by atoms with Gasteiger partial charge in [0.25, 0.3) is 0 Å². The van der Waals surface area contributed by atoms with E-state index in [1.54, 1.807) is 6.08 Å². The molecule has 10 atom stereocenters. The smallest absolute Gasteiger partial charge is 0.309 e. The standard InChI is InChI=1S/C49H79N3O3/c1-13-17-40-46(9,10)41(55-43(53)34(5)45(6,7)8)23-24-48(40,12)35-18-15-19-37-36(47(11)27-28-47)22-26-49(37,25-21-32(3)30-35)44(54)52-29-16-20-39(52)42-50-31-38(51-42)33(4)14-2/h14,31-32,34-37,39-41H,2,4,13,15-30H2,1,3,5-12H3,(H,50,51). The highest BCUT2D eigenvalue weighted by molar-refractivity contribution is 5.84. The second-order valence-electron chi connectivity index (χ2n) is 21.9. The van der Waals surface area contributed by atoms with Gasteiger partial charge in [-0.25, -0.2) is 4.98 Å². The molecule has 0 spiro atoms. The number of hydrogen-bond acceptors (Lipinski definition) is 4. The summed E-state index contributed by atoms with van der Waals surface area (Å²) in [6.45, 7) is 32.1. The number of aromatic nitrogens is 2. The number of nitrogens with zero attached hydrogens (tertiary/aromatic N) is 2. The van der Waals surface area contributed by atoms with E-state index >= 15 is 4.79 Å². The van der Waals surface area contributed by atoms with Crippen molar-refractivity contribution in [2.45, 2.75) is 184 Å². The van der Waals surface area contributed by atoms with Crippen LogP contribution >= 0.6 is 0 Å². The monoisotopic (exact) mass is 758 g/mol. The van der Waals surface area contributed by atoms with Crippen LogP contribution in [0.25, 0.3) is 5.57 Å². The van der Waals surface area contributed by atoms with Gasteiger partial charge in [0.15, 0.2) is 0 Å². The van der Waals surface area contributed by atoms with Crippen LogP contribution in [0.1, 0.15) is 190 Å². The average Bonchev–Trinajstić information content (AvgIpc) is 3.51. The van der Waals surface area contributed by atoms with Crippen molar-refractivity contribution >= 4 is 17.4 Å². The van der Waals surface area contributed by atoms with Gasteiger partial charge in [0.1, 0.15) is 11.9 Å². The number of rotatable bonds is 10. The molecule has 5 aliphatic rings. The fourth-order valence-corrected chi connectivity index (χ4v) is 12.9. The molecule has 2 heterocycles. The Morgan fingerprint density at radius 3 is 2.36 bits per heavy atom. The lowest BCUT2D eigenvalue weighted by Crippen LogP contribution is -2.54. The van der Waals surface area contributed by atoms with Crippen molar-refractivity contribution in [1.29, 1.82) is 0 Å². The zero-order chi connectivity index (χ0) is 40.1. The number of imidazole rings is 1. The Morgan fingerprint density at radius 2 is 1.71 bits per heavy atom. The first kappa shape index (κ1) is 42.2. The number of ether oxygens (including phenoxy) is 1. The van der Waals surface area contributed by atoms with Gasteiger partial charge in [-0.05, 0) is 141 Å². The average molecular weight is 758 g/mol. The lowest BCUT2D eigenvalue weighted by molar-refractivity contribution is -0.182. The summed E-state index contributed by atoms with van der Waals surface area (Å²) in [5.74, 6) is 3.94. The van der Waals surface area contributed by atoms with Gasteiger partial charge in [-0.3, -0.25) is 9.59 Å². The van der Waals surface area contributed by atoms with E-state index in [1.165, 1.54) is 51.4 Å². The van der Waals surface area contributed by atoms with Crippen molar-refractivity contribution in [2.24, 2.45) is 62.6 Å². The number of fused-ring (bicyclic) bond motifs is 1. The molecular weight excluding hydrogens is 679 g/mol. The van der Waals surface area contributed by atoms with Crippen molar-refractivity contribution in [3.8, 4) is 0 Å². The minimum Gasteiger partial charge on any atom is -0.462 e. The van der Waals surface area contributed by atoms with Gasteiger partial charge in [0.2, 0.25) is 5.91 Å². The van der Waals surface area contributed by atoms with Crippen LogP contribution < -0.4 is 0 Å². The number of carbonyl (C=O) groups is 2. The summed E-state index contributed by atoms with van der Waals surface area (Å²) < 4.78 is 6.49. The molecule has 4 saturated carbocycles. The van der Waals surface area contributed by atoms with E-state index in [9.17, 15) is 4.79 Å². The van der Waals surface area contributed by atoms with Gasteiger partial charge in [0.05, 0.1) is 29.3 Å². The van der Waals surface area contributed by atoms with Gasteiger partial charge in [-0.2, -0.15) is 0 Å². The van der Waals surface area contributed by atoms with Gasteiger partial charge in [0, 0.05) is 12.0 Å². The van der Waals surface area contributed by atoms with E-state index in [-0.39, 0.29) is 45.7 Å². The predicted octanol–water partition coefficient (Wildman–Crippen LogP) is 12.5. The third-order valence-corrected chi connectivity index (χ3v) is 17.2. The van der Waals surface area contributed by atoms with E-state index in [2.05, 4.69) is 85.4 Å². The number of amides is 1. The highest BCUT2D eigenvalue weighted by Crippen LogP contribution is 2.67. The fourth-order valence-electron chi connectivity index (χ4n) is 12.9. The van der Waals surface area contributed by atoms with Crippen molar-refractivity contribution < 1.29 is 14.3 Å². The highest BCUT2D eigenvalue weighted by atomic mass is 16.5. The SMILES string of the molecule is C=CC(=C)c1cnc(C2CCCN2C(=O)C23CCC(C)CC(C4(C)CCC(OC(=O)C(C)C(C)(C)C)C(C)(C)C4CCC)CCCC2C(C2(C)CC2)CC3)[nH]1. The van der Waals surface area contributed by atoms with Crippen LogP contribution in [0.4, 0.5) is 0 Å². The molecule has 308 valence electrons. The molecule has 0 aromatic carbocycles. The van der Waals surface area contributed by atoms with Crippen molar-refractivity contribution in [2.75, 3.05) is 6.54 Å². The van der Waals surface area contributed by atoms with Crippen LogP contribution in [0, 0.1) is 62.6 Å². The number of likely N-dealkylation sites (tertiary alicyclic amines) is 1. The third kappa shape index (κ3) is 7.93. The number of esters is 1. The van der Waals surface area contributed by atoms with Crippen LogP contribution in [0.3, 0.4) is 0 Å². The van der Waals surface area contributed by atoms with Gasteiger partial charge in [-0.15, -0.1) is 0 Å². The summed E-state index contributed by atoms with van der Waals surface area (Å²) in [6.07, 6.45) is 21.8. The Balaban J connectivity index is 1.25. The molecule has 6 heteroatoms. The molecule has 1 aromatic heterocycles. The Bertz CT molecular complexity index is 1560. The second kappa shape index (κ2) is 15.8. The summed E-state index contributed by atoms with van der Waals surface area (Å²) >= 11 is 0. The summed E-state index contributed by atoms with van der Waals surface area (Å²) in [4.78, 5) is 39.5. The molecule has 1 aromatic rings. The van der Waals surface area contributed by atoms with Crippen LogP contribution in [-0.2, 0) is 14.3 Å². The number of nitrogens with one attached hydrogen (secondary N) is 1. The summed E-state index contributed by atoms with van der Waals surface area (Å²) in [5.41, 5.74) is 1.85. The predicted molar refractivity (Wildman–Crippen MR) is 226 cm³/mol. The molecule has 1 N–H and O–H groups in total. The number of carbonyl (C=O) groups excluding carboxylic acids is 2. The number of hydrogen-bond donors (Lipinski definition) is 1. The quantitative estimate of drug-likeness (QED) is 0.190. The molecule has 4 aliphatic carbocycles. The summed E-state index contributed by atoms with van der Waals surface area (Å²) in [7, 11) is 0. The van der Waals surface area contributed by atoms with E-state index in [0.717, 1.165) is 75.0 Å². The molecule has 1 saturated heterocycles. The number of H-pyrrole nitrogens is 1. The van der Waals surface area contributed by atoms with E-state index in [4.69, 9.17) is 9.72 Å². The van der Waals surface area contributed by atoms with Gasteiger partial charge >= 0.3 is 5.97 Å². The fraction of sp³-hybridized carbons (Fsp3) is 0.816. The van der Waals surface area contributed by atoms with Crippen molar-refractivity contribution in [3.63, 3.8) is 0 Å². The summed E-state index contributed by atoms with van der Waals surface area (Å²) in [6, 6.07) is 0.00606. The molecule has 1 aliphatic heterocycles. The minimum absolute atomic E-state index is 0.00606. The third-order valence-electron chi connectivity index (χ3n) is 17.2. The summed E-state index contributed by atoms with van der Waals surface area (Å²) in [5, 5.41) is 0. The molecular formula is C49H79N3O3. The highest BCUT2D eigenvalue weighted by Gasteiger charge is 2.62. The molecule has 6 rings (SSSR count). The van der Waals surface area contributed by atoms with E-state index in [1.807, 2.05) is 13.1 Å². The Kier molecular flexibility index (Phi) is 12.1. The first-order chi connectivity index (χ1) is 25.8. The molecule has 5 fully saturated rings. The van der Waals surface area contributed by atoms with Crippen LogP contribution in [0.15, 0.2) is 25.4 Å². The van der Waals surface area contributed by atoms with E-state index in [0.29, 0.717) is 40.9 Å². The largest absolute Gasteiger partial charge is 0.462 e. The van der Waals surface area contributed by atoms with Crippen LogP contribution in [-0.4, -0.2) is 39.4 Å². The van der Waals surface area contributed by atoms with Crippen LogP contribution in [0.2, 0.25) is 0 Å². The molecule has 10 unspecified atom stereocenters. The van der Waals surface area contributed by atoms with Crippen LogP contribution in [0.5, 0.6) is 0 Å².